The van der Waals surface area contributed by atoms with Gasteiger partial charge in [0.05, 0.1) is 10.1 Å². The monoisotopic (exact) mass is 325 g/mol. The second-order valence-corrected chi connectivity index (χ2v) is 5.68. The summed E-state index contributed by atoms with van der Waals surface area (Å²) >= 11 is 10.6. The lowest BCUT2D eigenvalue weighted by atomic mass is 10.1. The molecule has 1 atom stereocenters. The Labute approximate surface area is 112 Å². The van der Waals surface area contributed by atoms with Crippen LogP contribution in [-0.2, 0) is 0 Å². The van der Waals surface area contributed by atoms with Crippen LogP contribution in [-0.4, -0.2) is 39.2 Å². The normalized spacial score (nSPS) is 14.6. The fourth-order valence-electron chi connectivity index (χ4n) is 1.11. The third kappa shape index (κ3) is 4.45. The van der Waals surface area contributed by atoms with Gasteiger partial charge in [0.15, 0.2) is 0 Å². The van der Waals surface area contributed by atoms with Gasteiger partial charge in [0.2, 0.25) is 5.28 Å². The van der Waals surface area contributed by atoms with E-state index in [1.54, 1.807) is 24.9 Å². The molecule has 0 amide bonds. The van der Waals surface area contributed by atoms with E-state index in [-0.39, 0.29) is 5.28 Å². The number of anilines is 1. The van der Waals surface area contributed by atoms with Crippen LogP contribution in [0.15, 0.2) is 10.7 Å². The van der Waals surface area contributed by atoms with Crippen molar-refractivity contribution in [1.82, 2.24) is 9.97 Å². The quantitative estimate of drug-likeness (QED) is 0.814. The first kappa shape index (κ1) is 14.0. The summed E-state index contributed by atoms with van der Waals surface area (Å²) in [6.07, 6.45) is 3.52. The van der Waals surface area contributed by atoms with E-state index in [2.05, 4.69) is 31.2 Å². The molecular weight excluding hydrogens is 314 g/mol. The van der Waals surface area contributed by atoms with Gasteiger partial charge in [-0.25, -0.2) is 4.98 Å². The predicted octanol–water partition coefficient (Wildman–Crippen LogP) is 2.42. The average molecular weight is 327 g/mol. The first-order chi connectivity index (χ1) is 7.44. The van der Waals surface area contributed by atoms with E-state index in [1.807, 2.05) is 6.26 Å². The lowest BCUT2D eigenvalue weighted by Gasteiger charge is -2.23. The van der Waals surface area contributed by atoms with Crippen molar-refractivity contribution in [2.75, 3.05) is 23.9 Å². The zero-order chi connectivity index (χ0) is 12.2. The van der Waals surface area contributed by atoms with Crippen LogP contribution in [0.3, 0.4) is 0 Å². The summed E-state index contributed by atoms with van der Waals surface area (Å²) in [6.45, 7) is 2.17. The molecule has 0 bridgehead atoms. The highest BCUT2D eigenvalue weighted by Gasteiger charge is 2.19. The fourth-order valence-corrected chi connectivity index (χ4v) is 2.29. The van der Waals surface area contributed by atoms with Crippen molar-refractivity contribution >= 4 is 45.1 Å². The SMILES string of the molecule is CSCC(C)(O)CNc1nc(Cl)ncc1Br. The van der Waals surface area contributed by atoms with Crippen LogP contribution >= 0.6 is 39.3 Å². The third-order valence-electron chi connectivity index (χ3n) is 1.81. The number of halogens is 2. The zero-order valence-electron chi connectivity index (χ0n) is 9.00. The van der Waals surface area contributed by atoms with Crippen molar-refractivity contribution in [3.05, 3.63) is 16.0 Å². The summed E-state index contributed by atoms with van der Waals surface area (Å²) < 4.78 is 0.719. The molecule has 0 aliphatic carbocycles. The number of rotatable bonds is 5. The summed E-state index contributed by atoms with van der Waals surface area (Å²) in [7, 11) is 0. The molecule has 0 spiro atoms. The van der Waals surface area contributed by atoms with Gasteiger partial charge in [0, 0.05) is 18.5 Å². The highest BCUT2D eigenvalue weighted by Crippen LogP contribution is 2.21. The van der Waals surface area contributed by atoms with Crippen LogP contribution in [0.1, 0.15) is 6.92 Å². The van der Waals surface area contributed by atoms with E-state index in [0.717, 1.165) is 4.47 Å². The highest BCUT2D eigenvalue weighted by molar-refractivity contribution is 9.10. The van der Waals surface area contributed by atoms with E-state index in [4.69, 9.17) is 11.6 Å². The molecule has 1 heterocycles. The van der Waals surface area contributed by atoms with Crippen LogP contribution in [0.4, 0.5) is 5.82 Å². The summed E-state index contributed by atoms with van der Waals surface area (Å²) in [5.41, 5.74) is -0.781. The van der Waals surface area contributed by atoms with Gasteiger partial charge in [-0.1, -0.05) is 0 Å². The van der Waals surface area contributed by atoms with Crippen LogP contribution in [0, 0.1) is 0 Å². The van der Waals surface area contributed by atoms with Crippen molar-refractivity contribution in [3.63, 3.8) is 0 Å². The van der Waals surface area contributed by atoms with Gasteiger partial charge in [-0.3, -0.25) is 0 Å². The first-order valence-electron chi connectivity index (χ1n) is 4.58. The maximum absolute atomic E-state index is 9.96. The van der Waals surface area contributed by atoms with Crippen molar-refractivity contribution < 1.29 is 5.11 Å². The number of nitrogens with zero attached hydrogens (tertiary/aromatic N) is 2. The Bertz CT molecular complexity index is 365. The molecule has 0 saturated carbocycles. The number of hydrogen-bond acceptors (Lipinski definition) is 5. The van der Waals surface area contributed by atoms with E-state index in [9.17, 15) is 5.11 Å². The maximum Gasteiger partial charge on any atom is 0.224 e. The largest absolute Gasteiger partial charge is 0.387 e. The molecule has 0 aliphatic heterocycles. The number of aromatic nitrogens is 2. The maximum atomic E-state index is 9.96. The molecule has 2 N–H and O–H groups in total. The Morgan fingerprint density at radius 2 is 2.38 bits per heavy atom. The minimum atomic E-state index is -0.781. The second kappa shape index (κ2) is 6.05. The lowest BCUT2D eigenvalue weighted by molar-refractivity contribution is 0.0996. The molecule has 1 rings (SSSR count). The van der Waals surface area contributed by atoms with Crippen LogP contribution in [0.25, 0.3) is 0 Å². The van der Waals surface area contributed by atoms with Crippen molar-refractivity contribution in [1.29, 1.82) is 0 Å². The molecule has 4 nitrogen and oxygen atoms in total. The summed E-state index contributed by atoms with van der Waals surface area (Å²) in [4.78, 5) is 7.84. The van der Waals surface area contributed by atoms with E-state index < -0.39 is 5.60 Å². The minimum Gasteiger partial charge on any atom is -0.387 e. The van der Waals surface area contributed by atoms with E-state index in [0.29, 0.717) is 18.1 Å². The van der Waals surface area contributed by atoms with Gasteiger partial charge in [0.25, 0.3) is 0 Å². The molecule has 7 heteroatoms. The van der Waals surface area contributed by atoms with Gasteiger partial charge >= 0.3 is 0 Å². The van der Waals surface area contributed by atoms with Gasteiger partial charge in [0.1, 0.15) is 5.82 Å². The van der Waals surface area contributed by atoms with Crippen molar-refractivity contribution in [2.24, 2.45) is 0 Å². The summed E-state index contributed by atoms with van der Waals surface area (Å²) in [6, 6.07) is 0. The molecule has 0 fully saturated rings. The van der Waals surface area contributed by atoms with Crippen molar-refractivity contribution in [3.8, 4) is 0 Å². The highest BCUT2D eigenvalue weighted by atomic mass is 79.9. The predicted molar refractivity (Wildman–Crippen MR) is 72.2 cm³/mol. The van der Waals surface area contributed by atoms with Crippen LogP contribution in [0.5, 0.6) is 0 Å². The van der Waals surface area contributed by atoms with Gasteiger partial charge in [-0.15, -0.1) is 0 Å². The van der Waals surface area contributed by atoms with Gasteiger partial charge in [-0.05, 0) is 40.7 Å². The molecule has 0 saturated heterocycles. The second-order valence-electron chi connectivity index (χ2n) is 3.62. The minimum absolute atomic E-state index is 0.176. The lowest BCUT2D eigenvalue weighted by Crippen LogP contribution is -2.36. The van der Waals surface area contributed by atoms with Gasteiger partial charge < -0.3 is 10.4 Å². The molecule has 1 aromatic heterocycles. The Morgan fingerprint density at radius 3 is 3.00 bits per heavy atom. The zero-order valence-corrected chi connectivity index (χ0v) is 12.2. The summed E-state index contributed by atoms with van der Waals surface area (Å²) in [5.74, 6) is 1.23. The Morgan fingerprint density at radius 1 is 1.69 bits per heavy atom. The Hall–Kier alpha value is -0.0400. The van der Waals surface area contributed by atoms with Crippen molar-refractivity contribution in [2.45, 2.75) is 12.5 Å². The number of hydrogen-bond donors (Lipinski definition) is 2. The molecule has 0 aromatic carbocycles. The molecule has 1 unspecified atom stereocenters. The van der Waals surface area contributed by atoms with Crippen LogP contribution in [0.2, 0.25) is 5.28 Å². The molecule has 1 aromatic rings. The topological polar surface area (TPSA) is 58.0 Å². The number of thioether (sulfide) groups is 1. The molecule has 0 aliphatic rings. The van der Waals surface area contributed by atoms with E-state index >= 15 is 0 Å². The fraction of sp³-hybridized carbons (Fsp3) is 0.556. The Kier molecular flexibility index (Phi) is 5.30. The molecular formula is C9H13BrClN3OS. The number of aliphatic hydroxyl groups is 1. The summed E-state index contributed by atoms with van der Waals surface area (Å²) in [5, 5.41) is 13.2. The molecule has 0 radical (unpaired) electrons. The average Bonchev–Trinajstić information content (AvgIpc) is 2.19. The van der Waals surface area contributed by atoms with Crippen LogP contribution < -0.4 is 5.32 Å². The number of nitrogens with one attached hydrogen (secondary N) is 1. The van der Waals surface area contributed by atoms with E-state index in [1.165, 1.54) is 0 Å². The molecule has 16 heavy (non-hydrogen) atoms. The third-order valence-corrected chi connectivity index (χ3v) is 3.48. The van der Waals surface area contributed by atoms with Gasteiger partial charge in [-0.2, -0.15) is 16.7 Å². The Balaban J connectivity index is 2.63. The first-order valence-corrected chi connectivity index (χ1v) is 7.14. The smallest absolute Gasteiger partial charge is 0.224 e. The molecule has 90 valence electrons. The standard InChI is InChI=1S/C9H13BrClN3OS/c1-9(15,5-16-2)4-13-7-6(10)3-12-8(11)14-7/h3,15H,4-5H2,1-2H3,(H,12,13,14).